The van der Waals surface area contributed by atoms with Crippen LogP contribution in [0.3, 0.4) is 0 Å². The van der Waals surface area contributed by atoms with Crippen LogP contribution >= 0.6 is 0 Å². The summed E-state index contributed by atoms with van der Waals surface area (Å²) in [7, 11) is 0. The highest BCUT2D eigenvalue weighted by molar-refractivity contribution is 5.88. The van der Waals surface area contributed by atoms with Gasteiger partial charge in [-0.25, -0.2) is 0 Å². The summed E-state index contributed by atoms with van der Waals surface area (Å²) < 4.78 is 0. The minimum atomic E-state index is -0.480. The van der Waals surface area contributed by atoms with Crippen LogP contribution in [0.1, 0.15) is 48.5 Å². The number of hydrogen-bond acceptors (Lipinski definition) is 3. The van der Waals surface area contributed by atoms with E-state index in [2.05, 4.69) is 15.6 Å². The zero-order valence-electron chi connectivity index (χ0n) is 14.4. The Bertz CT molecular complexity index is 728. The molecule has 3 rings (SSSR count). The van der Waals surface area contributed by atoms with Crippen molar-refractivity contribution in [2.24, 2.45) is 0 Å². The second kappa shape index (κ2) is 7.92. The first-order chi connectivity index (χ1) is 12.1. The number of pyridine rings is 1. The van der Waals surface area contributed by atoms with E-state index in [9.17, 15) is 9.59 Å². The van der Waals surface area contributed by atoms with Crippen molar-refractivity contribution in [3.63, 3.8) is 0 Å². The van der Waals surface area contributed by atoms with Gasteiger partial charge in [-0.15, -0.1) is 0 Å². The molecule has 130 valence electrons. The Hall–Kier alpha value is -2.69. The van der Waals surface area contributed by atoms with Crippen LogP contribution in [-0.2, 0) is 9.59 Å². The standard InChI is InChI=1S/C20H23N3O2/c1-14-9-11-15(12-10-14)19(16-6-4-5-13-21-16)23-20(25)17-7-2-3-8-18(24)22-17/h4-6,9-13,17,19H,2-3,7-8H2,1H3,(H,22,24)(H,23,25). The van der Waals surface area contributed by atoms with Gasteiger partial charge in [-0.3, -0.25) is 14.6 Å². The summed E-state index contributed by atoms with van der Waals surface area (Å²) in [5, 5.41) is 5.90. The third-order valence-corrected chi connectivity index (χ3v) is 4.48. The molecule has 1 fully saturated rings. The second-order valence-electron chi connectivity index (χ2n) is 6.47. The fourth-order valence-corrected chi connectivity index (χ4v) is 3.05. The largest absolute Gasteiger partial charge is 0.344 e. The lowest BCUT2D eigenvalue weighted by Gasteiger charge is -2.23. The van der Waals surface area contributed by atoms with Crippen LogP contribution in [0.2, 0.25) is 0 Å². The molecule has 2 atom stereocenters. The predicted molar refractivity (Wildman–Crippen MR) is 95.8 cm³/mol. The van der Waals surface area contributed by atoms with E-state index >= 15 is 0 Å². The molecule has 1 aromatic heterocycles. The summed E-state index contributed by atoms with van der Waals surface area (Å²) in [5.74, 6) is -0.214. The van der Waals surface area contributed by atoms with Gasteiger partial charge in [-0.2, -0.15) is 0 Å². The molecule has 0 bridgehead atoms. The molecular formula is C20H23N3O2. The quantitative estimate of drug-likeness (QED) is 0.901. The van der Waals surface area contributed by atoms with Crippen LogP contribution in [0.5, 0.6) is 0 Å². The van der Waals surface area contributed by atoms with Crippen molar-refractivity contribution in [2.45, 2.75) is 44.7 Å². The molecule has 2 aromatic rings. The Labute approximate surface area is 147 Å². The molecule has 1 saturated heterocycles. The van der Waals surface area contributed by atoms with E-state index in [1.807, 2.05) is 49.4 Å². The first-order valence-corrected chi connectivity index (χ1v) is 8.71. The van der Waals surface area contributed by atoms with Gasteiger partial charge in [0.15, 0.2) is 0 Å². The van der Waals surface area contributed by atoms with Crippen molar-refractivity contribution in [1.29, 1.82) is 0 Å². The van der Waals surface area contributed by atoms with E-state index in [-0.39, 0.29) is 17.9 Å². The van der Waals surface area contributed by atoms with E-state index in [4.69, 9.17) is 0 Å². The van der Waals surface area contributed by atoms with Crippen LogP contribution in [0.15, 0.2) is 48.7 Å². The number of benzene rings is 1. The Morgan fingerprint density at radius 1 is 1.20 bits per heavy atom. The summed E-state index contributed by atoms with van der Waals surface area (Å²) in [4.78, 5) is 28.9. The molecule has 0 radical (unpaired) electrons. The number of nitrogens with zero attached hydrogens (tertiary/aromatic N) is 1. The number of aryl methyl sites for hydroxylation is 1. The molecule has 1 aromatic carbocycles. The van der Waals surface area contributed by atoms with Crippen LogP contribution in [0.25, 0.3) is 0 Å². The number of carbonyl (C=O) groups excluding carboxylic acids is 2. The molecule has 0 spiro atoms. The Morgan fingerprint density at radius 3 is 2.72 bits per heavy atom. The van der Waals surface area contributed by atoms with Crippen LogP contribution in [0, 0.1) is 6.92 Å². The fourth-order valence-electron chi connectivity index (χ4n) is 3.05. The third-order valence-electron chi connectivity index (χ3n) is 4.48. The number of hydrogen-bond donors (Lipinski definition) is 2. The average molecular weight is 337 g/mol. The molecule has 1 aliphatic rings. The first-order valence-electron chi connectivity index (χ1n) is 8.71. The summed E-state index contributed by atoms with van der Waals surface area (Å²) in [6.07, 6.45) is 4.58. The zero-order chi connectivity index (χ0) is 17.6. The average Bonchev–Trinajstić information content (AvgIpc) is 2.86. The van der Waals surface area contributed by atoms with Crippen LogP contribution < -0.4 is 10.6 Å². The minimum Gasteiger partial charge on any atom is -0.344 e. The van der Waals surface area contributed by atoms with Gasteiger partial charge in [0, 0.05) is 12.6 Å². The Morgan fingerprint density at radius 2 is 2.00 bits per heavy atom. The van der Waals surface area contributed by atoms with Gasteiger partial charge in [0.1, 0.15) is 6.04 Å². The van der Waals surface area contributed by atoms with Crippen molar-refractivity contribution >= 4 is 11.8 Å². The molecule has 2 N–H and O–H groups in total. The van der Waals surface area contributed by atoms with E-state index in [0.717, 1.165) is 29.7 Å². The van der Waals surface area contributed by atoms with Crippen molar-refractivity contribution in [1.82, 2.24) is 15.6 Å². The Balaban J connectivity index is 1.83. The highest BCUT2D eigenvalue weighted by Crippen LogP contribution is 2.21. The zero-order valence-corrected chi connectivity index (χ0v) is 14.4. The molecule has 2 unspecified atom stereocenters. The van der Waals surface area contributed by atoms with Crippen molar-refractivity contribution < 1.29 is 9.59 Å². The highest BCUT2D eigenvalue weighted by Gasteiger charge is 2.26. The predicted octanol–water partition coefficient (Wildman–Crippen LogP) is 2.65. The van der Waals surface area contributed by atoms with Gasteiger partial charge in [0.25, 0.3) is 0 Å². The maximum absolute atomic E-state index is 12.8. The molecule has 2 amide bonds. The van der Waals surface area contributed by atoms with Gasteiger partial charge in [0.2, 0.25) is 11.8 Å². The third kappa shape index (κ3) is 4.44. The van der Waals surface area contributed by atoms with E-state index in [1.165, 1.54) is 0 Å². The van der Waals surface area contributed by atoms with Crippen molar-refractivity contribution in [3.05, 3.63) is 65.5 Å². The lowest BCUT2D eigenvalue weighted by molar-refractivity contribution is -0.128. The van der Waals surface area contributed by atoms with Crippen molar-refractivity contribution in [2.75, 3.05) is 0 Å². The second-order valence-corrected chi connectivity index (χ2v) is 6.47. The summed E-state index contributed by atoms with van der Waals surface area (Å²) in [5.41, 5.74) is 2.91. The summed E-state index contributed by atoms with van der Waals surface area (Å²) in [6.45, 7) is 2.03. The monoisotopic (exact) mass is 337 g/mol. The molecule has 25 heavy (non-hydrogen) atoms. The number of aromatic nitrogens is 1. The number of rotatable bonds is 4. The number of amides is 2. The van der Waals surface area contributed by atoms with E-state index in [0.29, 0.717) is 12.8 Å². The highest BCUT2D eigenvalue weighted by atomic mass is 16.2. The molecule has 0 aliphatic carbocycles. The molecule has 5 heteroatoms. The first kappa shape index (κ1) is 17.1. The lowest BCUT2D eigenvalue weighted by atomic mass is 10.0. The number of nitrogens with one attached hydrogen (secondary N) is 2. The Kier molecular flexibility index (Phi) is 5.43. The van der Waals surface area contributed by atoms with Gasteiger partial charge >= 0.3 is 0 Å². The number of carbonyl (C=O) groups is 2. The van der Waals surface area contributed by atoms with Crippen LogP contribution in [-0.4, -0.2) is 22.8 Å². The molecular weight excluding hydrogens is 314 g/mol. The lowest BCUT2D eigenvalue weighted by Crippen LogP contribution is -2.47. The minimum absolute atomic E-state index is 0.0534. The maximum atomic E-state index is 12.8. The molecule has 0 saturated carbocycles. The van der Waals surface area contributed by atoms with Gasteiger partial charge in [0.05, 0.1) is 11.7 Å². The smallest absolute Gasteiger partial charge is 0.243 e. The molecule has 5 nitrogen and oxygen atoms in total. The van der Waals surface area contributed by atoms with Gasteiger partial charge < -0.3 is 10.6 Å². The summed E-state index contributed by atoms with van der Waals surface area (Å²) in [6, 6.07) is 12.9. The maximum Gasteiger partial charge on any atom is 0.243 e. The normalized spacial score (nSPS) is 18.8. The SMILES string of the molecule is Cc1ccc(C(NC(=O)C2CCCCC(=O)N2)c2ccccn2)cc1. The van der Waals surface area contributed by atoms with Gasteiger partial charge in [-0.05, 0) is 37.5 Å². The van der Waals surface area contributed by atoms with E-state index in [1.54, 1.807) is 6.20 Å². The van der Waals surface area contributed by atoms with Crippen LogP contribution in [0.4, 0.5) is 0 Å². The fraction of sp³-hybridized carbons (Fsp3) is 0.350. The summed E-state index contributed by atoms with van der Waals surface area (Å²) >= 11 is 0. The topological polar surface area (TPSA) is 71.1 Å². The molecule has 1 aliphatic heterocycles. The van der Waals surface area contributed by atoms with Gasteiger partial charge in [-0.1, -0.05) is 42.3 Å². The molecule has 2 heterocycles. The van der Waals surface area contributed by atoms with Crippen molar-refractivity contribution in [3.8, 4) is 0 Å². The van der Waals surface area contributed by atoms with E-state index < -0.39 is 6.04 Å².